The Bertz CT molecular complexity index is 653. The van der Waals surface area contributed by atoms with Crippen molar-refractivity contribution < 1.29 is 0 Å². The molecule has 0 saturated heterocycles. The first-order valence-electron chi connectivity index (χ1n) is 8.36. The molecule has 0 amide bonds. The molecule has 0 aliphatic carbocycles. The molecule has 1 heterocycles. The van der Waals surface area contributed by atoms with Gasteiger partial charge in [-0.05, 0) is 55.8 Å². The molecule has 2 aromatic carbocycles. The van der Waals surface area contributed by atoms with E-state index in [9.17, 15) is 0 Å². The molecule has 0 bridgehead atoms. The molecule has 0 spiro atoms. The predicted molar refractivity (Wildman–Crippen MR) is 99.6 cm³/mol. The van der Waals surface area contributed by atoms with Crippen molar-refractivity contribution in [2.24, 2.45) is 10.8 Å². The van der Waals surface area contributed by atoms with Gasteiger partial charge in [0.2, 0.25) is 0 Å². The molecule has 0 radical (unpaired) electrons. The number of para-hydroxylation sites is 1. The minimum absolute atomic E-state index is 0.775. The van der Waals surface area contributed by atoms with E-state index >= 15 is 0 Å². The first-order chi connectivity index (χ1) is 11.9. The van der Waals surface area contributed by atoms with Crippen molar-refractivity contribution in [3.63, 3.8) is 0 Å². The highest BCUT2D eigenvalue weighted by Gasteiger charge is 2.20. The van der Waals surface area contributed by atoms with Gasteiger partial charge in [0.25, 0.3) is 0 Å². The summed E-state index contributed by atoms with van der Waals surface area (Å²) in [7, 11) is 0. The van der Waals surface area contributed by atoms with E-state index in [1.54, 1.807) is 0 Å². The first-order valence-corrected chi connectivity index (χ1v) is 8.36. The Morgan fingerprint density at radius 2 is 1.75 bits per heavy atom. The van der Waals surface area contributed by atoms with Crippen molar-refractivity contribution in [3.05, 3.63) is 60.2 Å². The lowest BCUT2D eigenvalue weighted by atomic mass is 10.1. The van der Waals surface area contributed by atoms with Gasteiger partial charge in [-0.2, -0.15) is 0 Å². The van der Waals surface area contributed by atoms with Crippen molar-refractivity contribution in [2.45, 2.75) is 19.3 Å². The summed E-state index contributed by atoms with van der Waals surface area (Å²) in [5.74, 6) is 0.843. The molecule has 5 N–H and O–H groups in total. The number of hydrogen-bond donors (Lipinski definition) is 4. The molecule has 0 aromatic heterocycles. The Morgan fingerprint density at radius 1 is 0.958 bits per heavy atom. The van der Waals surface area contributed by atoms with E-state index in [0.717, 1.165) is 48.7 Å². The molecule has 0 saturated carbocycles. The third-order valence-electron chi connectivity index (χ3n) is 3.90. The van der Waals surface area contributed by atoms with Gasteiger partial charge in [0.15, 0.2) is 5.84 Å². The maximum Gasteiger partial charge on any atom is 0.177 e. The number of rotatable bonds is 8. The topological polar surface area (TPSA) is 77.7 Å². The summed E-state index contributed by atoms with van der Waals surface area (Å²) in [6.45, 7) is 1.75. The lowest BCUT2D eigenvalue weighted by Crippen LogP contribution is -2.41. The third-order valence-corrected chi connectivity index (χ3v) is 3.90. The van der Waals surface area contributed by atoms with Crippen LogP contribution in [0.4, 0.5) is 11.4 Å². The molecule has 0 atom stereocenters. The van der Waals surface area contributed by atoms with Gasteiger partial charge in [-0.3, -0.25) is 0 Å². The van der Waals surface area contributed by atoms with Crippen molar-refractivity contribution in [2.75, 3.05) is 23.4 Å². The van der Waals surface area contributed by atoms with E-state index in [1.165, 1.54) is 6.42 Å². The molecule has 6 nitrogen and oxygen atoms in total. The third kappa shape index (κ3) is 4.04. The number of hydrazine groups is 2. The standard InChI is InChI=1S/C18H24N6/c19-13-5-2-6-14-20-16-11-9-15(10-12-16)18-21-22-23-24(18)17-7-3-1-4-8-17/h1,3-4,7-12,20,22-23H,2,5-6,13-14,19H2. The Hall–Kier alpha value is -2.57. The Balaban J connectivity index is 1.61. The van der Waals surface area contributed by atoms with Gasteiger partial charge < -0.3 is 11.1 Å². The summed E-state index contributed by atoms with van der Waals surface area (Å²) in [5, 5.41) is 9.70. The van der Waals surface area contributed by atoms with E-state index < -0.39 is 0 Å². The van der Waals surface area contributed by atoms with Crippen LogP contribution in [0.2, 0.25) is 0 Å². The lowest BCUT2D eigenvalue weighted by Gasteiger charge is -2.19. The predicted octanol–water partition coefficient (Wildman–Crippen LogP) is 2.42. The second-order valence-electron chi connectivity index (χ2n) is 5.68. The molecule has 0 unspecified atom stereocenters. The fourth-order valence-electron chi connectivity index (χ4n) is 2.60. The molecular formula is C18H24N6. The van der Waals surface area contributed by atoms with Crippen molar-refractivity contribution in [1.82, 2.24) is 11.1 Å². The molecule has 0 fully saturated rings. The molecular weight excluding hydrogens is 300 g/mol. The van der Waals surface area contributed by atoms with Crippen LogP contribution in [0.25, 0.3) is 0 Å². The number of benzene rings is 2. The van der Waals surface area contributed by atoms with Crippen LogP contribution in [0.1, 0.15) is 24.8 Å². The minimum atomic E-state index is 0.775. The van der Waals surface area contributed by atoms with Gasteiger partial charge in [-0.1, -0.05) is 24.6 Å². The fourth-order valence-corrected chi connectivity index (χ4v) is 2.60. The average molecular weight is 324 g/mol. The monoisotopic (exact) mass is 324 g/mol. The number of hydrazone groups is 1. The van der Waals surface area contributed by atoms with Crippen LogP contribution in [0, 0.1) is 0 Å². The minimum Gasteiger partial charge on any atom is -0.385 e. The van der Waals surface area contributed by atoms with Crippen LogP contribution in [-0.2, 0) is 0 Å². The van der Waals surface area contributed by atoms with Crippen LogP contribution in [0.15, 0.2) is 59.7 Å². The van der Waals surface area contributed by atoms with Gasteiger partial charge in [0, 0.05) is 17.8 Å². The highest BCUT2D eigenvalue weighted by molar-refractivity contribution is 6.10. The van der Waals surface area contributed by atoms with Crippen LogP contribution < -0.4 is 27.1 Å². The summed E-state index contributed by atoms with van der Waals surface area (Å²) in [4.78, 5) is 0. The zero-order valence-corrected chi connectivity index (χ0v) is 13.7. The molecule has 126 valence electrons. The molecule has 1 aliphatic rings. The van der Waals surface area contributed by atoms with Crippen LogP contribution in [0.5, 0.6) is 0 Å². The summed E-state index contributed by atoms with van der Waals surface area (Å²) >= 11 is 0. The summed E-state index contributed by atoms with van der Waals surface area (Å²) in [5.41, 5.74) is 14.6. The average Bonchev–Trinajstić information content (AvgIpc) is 3.13. The van der Waals surface area contributed by atoms with E-state index in [4.69, 9.17) is 5.73 Å². The Labute approximate surface area is 142 Å². The number of nitrogens with two attached hydrogens (primary N) is 1. The van der Waals surface area contributed by atoms with E-state index in [0.29, 0.717) is 0 Å². The molecule has 24 heavy (non-hydrogen) atoms. The summed E-state index contributed by atoms with van der Waals surface area (Å²) in [6.07, 6.45) is 3.40. The van der Waals surface area contributed by atoms with E-state index in [1.807, 2.05) is 35.3 Å². The van der Waals surface area contributed by atoms with Crippen molar-refractivity contribution in [1.29, 1.82) is 0 Å². The number of amidine groups is 1. The zero-order chi connectivity index (χ0) is 16.6. The SMILES string of the molecule is NCCCCCNc1ccc(C2=NNNN2c2ccccc2)cc1. The number of hydrogen-bond acceptors (Lipinski definition) is 6. The summed E-state index contributed by atoms with van der Waals surface area (Å²) < 4.78 is 0. The molecule has 6 heteroatoms. The smallest absolute Gasteiger partial charge is 0.177 e. The molecule has 2 aromatic rings. The van der Waals surface area contributed by atoms with Gasteiger partial charge in [0.1, 0.15) is 0 Å². The second-order valence-corrected chi connectivity index (χ2v) is 5.68. The highest BCUT2D eigenvalue weighted by Crippen LogP contribution is 2.18. The largest absolute Gasteiger partial charge is 0.385 e. The van der Waals surface area contributed by atoms with Gasteiger partial charge in [0.05, 0.1) is 5.69 Å². The second kappa shape index (κ2) is 8.33. The maximum atomic E-state index is 5.51. The number of nitrogens with zero attached hydrogens (tertiary/aromatic N) is 2. The normalized spacial score (nSPS) is 13.5. The Morgan fingerprint density at radius 3 is 2.50 bits per heavy atom. The maximum absolute atomic E-state index is 5.51. The van der Waals surface area contributed by atoms with Gasteiger partial charge in [-0.15, -0.1) is 10.6 Å². The first kappa shape index (κ1) is 16.3. The molecule has 1 aliphatic heterocycles. The van der Waals surface area contributed by atoms with Crippen molar-refractivity contribution in [3.8, 4) is 0 Å². The molecule has 3 rings (SSSR count). The lowest BCUT2D eigenvalue weighted by molar-refractivity contribution is 0.623. The van der Waals surface area contributed by atoms with Gasteiger partial charge >= 0.3 is 0 Å². The number of nitrogens with one attached hydrogen (secondary N) is 3. The Kier molecular flexibility index (Phi) is 5.65. The quantitative estimate of drug-likeness (QED) is 0.561. The van der Waals surface area contributed by atoms with E-state index in [-0.39, 0.29) is 0 Å². The highest BCUT2D eigenvalue weighted by atomic mass is 15.8. The fraction of sp³-hybridized carbons (Fsp3) is 0.278. The van der Waals surface area contributed by atoms with Crippen LogP contribution in [-0.4, -0.2) is 18.9 Å². The van der Waals surface area contributed by atoms with Crippen LogP contribution >= 0.6 is 0 Å². The number of anilines is 2. The van der Waals surface area contributed by atoms with Crippen molar-refractivity contribution >= 4 is 17.2 Å². The van der Waals surface area contributed by atoms with E-state index in [2.05, 4.69) is 45.8 Å². The number of unbranched alkanes of at least 4 members (excludes halogenated alkanes) is 2. The van der Waals surface area contributed by atoms with Gasteiger partial charge in [-0.25, -0.2) is 10.5 Å². The summed E-state index contributed by atoms with van der Waals surface area (Å²) in [6, 6.07) is 18.4. The van der Waals surface area contributed by atoms with Crippen LogP contribution in [0.3, 0.4) is 0 Å². The zero-order valence-electron chi connectivity index (χ0n) is 13.7.